The molecule has 1 aromatic heterocycles. The van der Waals surface area contributed by atoms with Crippen LogP contribution < -0.4 is 4.74 Å². The van der Waals surface area contributed by atoms with Gasteiger partial charge in [-0.3, -0.25) is 4.90 Å². The van der Waals surface area contributed by atoms with E-state index in [0.717, 1.165) is 12.2 Å². The summed E-state index contributed by atoms with van der Waals surface area (Å²) in [6, 6.07) is 6.38. The summed E-state index contributed by atoms with van der Waals surface area (Å²) < 4.78 is 24.0. The molecule has 2 aromatic rings. The highest BCUT2D eigenvalue weighted by atomic mass is 19.1. The highest BCUT2D eigenvalue weighted by molar-refractivity contribution is 5.23. The van der Waals surface area contributed by atoms with E-state index in [1.54, 1.807) is 18.2 Å². The zero-order valence-electron chi connectivity index (χ0n) is 13.3. The van der Waals surface area contributed by atoms with Gasteiger partial charge in [0.1, 0.15) is 6.61 Å². The first-order valence-electron chi connectivity index (χ1n) is 7.42. The molecule has 0 radical (unpaired) electrons. The van der Waals surface area contributed by atoms with Crippen LogP contribution in [0.25, 0.3) is 0 Å². The molecule has 0 saturated carbocycles. The van der Waals surface area contributed by atoms with Gasteiger partial charge >= 0.3 is 0 Å². The smallest absolute Gasteiger partial charge is 0.240 e. The minimum absolute atomic E-state index is 0.271. The van der Waals surface area contributed by atoms with Crippen LogP contribution in [0.4, 0.5) is 4.39 Å². The molecule has 0 spiro atoms. The van der Waals surface area contributed by atoms with Gasteiger partial charge in [-0.1, -0.05) is 31.1 Å². The Morgan fingerprint density at radius 2 is 2.09 bits per heavy atom. The molecule has 1 aromatic carbocycles. The van der Waals surface area contributed by atoms with Crippen LogP contribution in [0.5, 0.6) is 5.75 Å². The van der Waals surface area contributed by atoms with Gasteiger partial charge in [0.25, 0.3) is 0 Å². The van der Waals surface area contributed by atoms with Gasteiger partial charge in [-0.2, -0.15) is 4.98 Å². The molecule has 0 fully saturated rings. The van der Waals surface area contributed by atoms with E-state index in [9.17, 15) is 4.39 Å². The lowest BCUT2D eigenvalue weighted by atomic mass is 10.1. The Balaban J connectivity index is 1.75. The summed E-state index contributed by atoms with van der Waals surface area (Å²) in [5.41, 5.74) is 0. The van der Waals surface area contributed by atoms with Crippen molar-refractivity contribution in [3.8, 4) is 5.75 Å². The van der Waals surface area contributed by atoms with Crippen LogP contribution >= 0.6 is 0 Å². The molecule has 120 valence electrons. The average Bonchev–Trinajstić information content (AvgIpc) is 2.87. The summed E-state index contributed by atoms with van der Waals surface area (Å²) in [6.07, 6.45) is 0.809. The summed E-state index contributed by atoms with van der Waals surface area (Å²) in [7, 11) is 1.93. The highest BCUT2D eigenvalue weighted by Crippen LogP contribution is 2.15. The minimum atomic E-state index is -0.347. The first-order valence-corrected chi connectivity index (χ1v) is 7.42. The Bertz CT molecular complexity index is 586. The van der Waals surface area contributed by atoms with Crippen LogP contribution in [0.2, 0.25) is 0 Å². The number of aromatic nitrogens is 2. The monoisotopic (exact) mass is 307 g/mol. The lowest BCUT2D eigenvalue weighted by Gasteiger charge is -2.14. The van der Waals surface area contributed by atoms with Crippen molar-refractivity contribution >= 4 is 0 Å². The average molecular weight is 307 g/mol. The van der Waals surface area contributed by atoms with Gasteiger partial charge in [0, 0.05) is 13.0 Å². The second kappa shape index (κ2) is 7.89. The van der Waals surface area contributed by atoms with Gasteiger partial charge in [0.2, 0.25) is 5.89 Å². The Kier molecular flexibility index (Phi) is 5.89. The van der Waals surface area contributed by atoms with Gasteiger partial charge in [-0.05, 0) is 25.1 Å². The van der Waals surface area contributed by atoms with Crippen molar-refractivity contribution in [1.82, 2.24) is 15.0 Å². The molecule has 1 heterocycles. The molecule has 5 nitrogen and oxygen atoms in total. The Labute approximate surface area is 130 Å². The van der Waals surface area contributed by atoms with Crippen molar-refractivity contribution in [2.45, 2.75) is 26.8 Å². The predicted octanol–water partition coefficient (Wildman–Crippen LogP) is 2.92. The number of benzene rings is 1. The molecule has 0 bridgehead atoms. The Morgan fingerprint density at radius 1 is 1.32 bits per heavy atom. The van der Waals surface area contributed by atoms with Gasteiger partial charge in [0.15, 0.2) is 17.4 Å². The van der Waals surface area contributed by atoms with E-state index in [1.807, 2.05) is 11.9 Å². The molecule has 0 atom stereocenters. The van der Waals surface area contributed by atoms with E-state index in [2.05, 4.69) is 24.0 Å². The van der Waals surface area contributed by atoms with Crippen LogP contribution in [0.3, 0.4) is 0 Å². The number of halogens is 1. The molecule has 0 N–H and O–H groups in total. The van der Waals surface area contributed by atoms with Crippen molar-refractivity contribution in [3.05, 3.63) is 41.8 Å². The SMILES string of the molecule is CC(C)Cc1noc(CN(C)CCOc2ccccc2F)n1. The highest BCUT2D eigenvalue weighted by Gasteiger charge is 2.10. The Morgan fingerprint density at radius 3 is 2.82 bits per heavy atom. The second-order valence-corrected chi connectivity index (χ2v) is 5.72. The summed E-state index contributed by atoms with van der Waals surface area (Å²) >= 11 is 0. The molecule has 0 aliphatic rings. The van der Waals surface area contributed by atoms with Crippen molar-refractivity contribution < 1.29 is 13.7 Å². The largest absolute Gasteiger partial charge is 0.489 e. The molecule has 0 saturated heterocycles. The molecule has 22 heavy (non-hydrogen) atoms. The quantitative estimate of drug-likeness (QED) is 0.750. The predicted molar refractivity (Wildman–Crippen MR) is 81.1 cm³/mol. The molecule has 2 rings (SSSR count). The number of nitrogens with zero attached hydrogens (tertiary/aromatic N) is 3. The third-order valence-corrected chi connectivity index (χ3v) is 3.07. The van der Waals surface area contributed by atoms with Crippen molar-refractivity contribution in [2.75, 3.05) is 20.2 Å². The first kappa shape index (κ1) is 16.4. The standard InChI is InChI=1S/C16H22FN3O2/c1-12(2)10-15-18-16(22-19-15)11-20(3)8-9-21-14-7-5-4-6-13(14)17/h4-7,12H,8-11H2,1-3H3. The van der Waals surface area contributed by atoms with Crippen molar-refractivity contribution in [1.29, 1.82) is 0 Å². The van der Waals surface area contributed by atoms with Crippen LogP contribution in [-0.4, -0.2) is 35.2 Å². The minimum Gasteiger partial charge on any atom is -0.489 e. The van der Waals surface area contributed by atoms with Gasteiger partial charge < -0.3 is 9.26 Å². The molecule has 0 aliphatic carbocycles. The van der Waals surface area contributed by atoms with E-state index in [0.29, 0.717) is 31.5 Å². The molecule has 6 heteroatoms. The fraction of sp³-hybridized carbons (Fsp3) is 0.500. The first-order chi connectivity index (χ1) is 10.5. The maximum absolute atomic E-state index is 13.4. The van der Waals surface area contributed by atoms with Crippen molar-refractivity contribution in [2.24, 2.45) is 5.92 Å². The number of hydrogen-bond acceptors (Lipinski definition) is 5. The van der Waals surface area contributed by atoms with E-state index in [1.165, 1.54) is 6.07 Å². The summed E-state index contributed by atoms with van der Waals surface area (Å²) in [5.74, 6) is 1.75. The third kappa shape index (κ3) is 5.11. The fourth-order valence-corrected chi connectivity index (χ4v) is 1.99. The van der Waals surface area contributed by atoms with Gasteiger partial charge in [-0.25, -0.2) is 4.39 Å². The van der Waals surface area contributed by atoms with E-state index in [-0.39, 0.29) is 11.6 Å². The number of ether oxygens (including phenoxy) is 1. The summed E-state index contributed by atoms with van der Waals surface area (Å²) in [5, 5.41) is 3.96. The number of hydrogen-bond donors (Lipinski definition) is 0. The summed E-state index contributed by atoms with van der Waals surface area (Å²) in [6.45, 7) is 5.80. The van der Waals surface area contributed by atoms with Crippen LogP contribution in [-0.2, 0) is 13.0 Å². The van der Waals surface area contributed by atoms with Crippen LogP contribution in [0.15, 0.2) is 28.8 Å². The van der Waals surface area contributed by atoms with E-state index in [4.69, 9.17) is 9.26 Å². The number of rotatable bonds is 8. The lowest BCUT2D eigenvalue weighted by Crippen LogP contribution is -2.24. The van der Waals surface area contributed by atoms with Crippen molar-refractivity contribution in [3.63, 3.8) is 0 Å². The van der Waals surface area contributed by atoms with Crippen LogP contribution in [0.1, 0.15) is 25.6 Å². The second-order valence-electron chi connectivity index (χ2n) is 5.72. The topological polar surface area (TPSA) is 51.4 Å². The molecule has 0 unspecified atom stereocenters. The fourth-order valence-electron chi connectivity index (χ4n) is 1.99. The number of para-hydroxylation sites is 1. The maximum atomic E-state index is 13.4. The molecule has 0 amide bonds. The molecular formula is C16H22FN3O2. The number of likely N-dealkylation sites (N-methyl/N-ethyl adjacent to an activating group) is 1. The zero-order valence-corrected chi connectivity index (χ0v) is 13.3. The van der Waals surface area contributed by atoms with Gasteiger partial charge in [0.05, 0.1) is 6.54 Å². The summed E-state index contributed by atoms with van der Waals surface area (Å²) in [4.78, 5) is 6.34. The normalized spacial score (nSPS) is 11.4. The zero-order chi connectivity index (χ0) is 15.9. The van der Waals surface area contributed by atoms with Crippen LogP contribution in [0, 0.1) is 11.7 Å². The molecular weight excluding hydrogens is 285 g/mol. The lowest BCUT2D eigenvalue weighted by molar-refractivity contribution is 0.208. The molecule has 0 aliphatic heterocycles. The third-order valence-electron chi connectivity index (χ3n) is 3.07. The Hall–Kier alpha value is -1.95. The van der Waals surface area contributed by atoms with Gasteiger partial charge in [-0.15, -0.1) is 0 Å². The van der Waals surface area contributed by atoms with E-state index >= 15 is 0 Å². The maximum Gasteiger partial charge on any atom is 0.240 e. The van der Waals surface area contributed by atoms with E-state index < -0.39 is 0 Å².